The lowest BCUT2D eigenvalue weighted by atomic mass is 9.97. The first kappa shape index (κ1) is 29.6. The van der Waals surface area contributed by atoms with Gasteiger partial charge in [0.1, 0.15) is 10.9 Å². The van der Waals surface area contributed by atoms with Crippen molar-refractivity contribution in [2.75, 3.05) is 39.3 Å². The van der Waals surface area contributed by atoms with Gasteiger partial charge in [-0.25, -0.2) is 8.42 Å². The molecule has 1 atom stereocenters. The van der Waals surface area contributed by atoms with Gasteiger partial charge in [0.25, 0.3) is 6.47 Å². The van der Waals surface area contributed by atoms with Crippen molar-refractivity contribution in [3.63, 3.8) is 0 Å². The molecule has 2 fully saturated rings. The van der Waals surface area contributed by atoms with E-state index in [0.717, 1.165) is 42.6 Å². The quantitative estimate of drug-likeness (QED) is 0.396. The molecule has 37 heavy (non-hydrogen) atoms. The minimum Gasteiger partial charge on any atom is -0.462 e. The maximum atomic E-state index is 13.4. The van der Waals surface area contributed by atoms with E-state index in [-0.39, 0.29) is 18.1 Å². The predicted molar refractivity (Wildman–Crippen MR) is 149 cm³/mol. The molecule has 0 spiro atoms. The van der Waals surface area contributed by atoms with Gasteiger partial charge in [-0.3, -0.25) is 9.59 Å². The van der Waals surface area contributed by atoms with Crippen LogP contribution in [0.2, 0.25) is 5.02 Å². The number of nitrogens with one attached hydrogen (secondary N) is 1. The number of benzene rings is 1. The highest BCUT2D eigenvalue weighted by molar-refractivity contribution is 7.89. The molecule has 3 heterocycles. The van der Waals surface area contributed by atoms with E-state index in [4.69, 9.17) is 11.6 Å². The number of ether oxygens (including phenoxy) is 1. The molecule has 1 aromatic carbocycles. The molecular formula is C26H36ClN3O5S2. The standard InChI is InChI=1S/C21H26ClN3O3S2.C5H10O2/c1-2-20(19-11-16-3-4-17(22)12-18(16)29-19)30(27,28)25-10-9-24(21(26)14-25)13-15-5-7-23-8-6-15;1-5(2,3)7-4-6/h2-4,11-12,15,20,23H,1,5-10,13-14H2;4H,1-3H3. The minimum atomic E-state index is -3.74. The van der Waals surface area contributed by atoms with Gasteiger partial charge in [0.15, 0.2) is 0 Å². The average Bonchev–Trinajstić information content (AvgIpc) is 3.23. The number of piperazine rings is 1. The van der Waals surface area contributed by atoms with Crippen molar-refractivity contribution >= 4 is 55.4 Å². The van der Waals surface area contributed by atoms with Gasteiger partial charge < -0.3 is 15.0 Å². The zero-order chi connectivity index (χ0) is 27.2. The summed E-state index contributed by atoms with van der Waals surface area (Å²) in [5.74, 6) is 0.374. The van der Waals surface area contributed by atoms with Gasteiger partial charge in [0.2, 0.25) is 15.9 Å². The van der Waals surface area contributed by atoms with Crippen LogP contribution in [0.5, 0.6) is 0 Å². The highest BCUT2D eigenvalue weighted by atomic mass is 35.5. The van der Waals surface area contributed by atoms with Crippen LogP contribution in [0.15, 0.2) is 36.9 Å². The lowest BCUT2D eigenvalue weighted by Gasteiger charge is -2.37. The van der Waals surface area contributed by atoms with Gasteiger partial charge in [0, 0.05) is 34.2 Å². The molecular weight excluding hydrogens is 534 g/mol. The molecule has 0 radical (unpaired) electrons. The average molecular weight is 570 g/mol. The number of piperidine rings is 1. The topological polar surface area (TPSA) is 96.0 Å². The first-order valence-corrected chi connectivity index (χ1v) is 15.0. The SMILES string of the molecule is C=CC(c1cc2ccc(Cl)cc2s1)S(=O)(=O)N1CCN(CC2CCNCC2)C(=O)C1.CC(C)(C)OC=O. The molecule has 1 N–H and O–H groups in total. The third-order valence-electron chi connectivity index (χ3n) is 6.30. The van der Waals surface area contributed by atoms with E-state index < -0.39 is 15.3 Å². The number of amides is 1. The van der Waals surface area contributed by atoms with Crippen LogP contribution in [0.1, 0.15) is 43.7 Å². The molecule has 8 nitrogen and oxygen atoms in total. The summed E-state index contributed by atoms with van der Waals surface area (Å²) >= 11 is 7.46. The molecule has 2 saturated heterocycles. The van der Waals surface area contributed by atoms with Gasteiger partial charge in [0.05, 0.1) is 6.54 Å². The summed E-state index contributed by atoms with van der Waals surface area (Å²) in [5, 5.41) is 4.02. The van der Waals surface area contributed by atoms with Gasteiger partial charge in [-0.2, -0.15) is 4.31 Å². The molecule has 204 valence electrons. The smallest absolute Gasteiger partial charge is 0.293 e. The highest BCUT2D eigenvalue weighted by Gasteiger charge is 2.37. The van der Waals surface area contributed by atoms with Crippen LogP contribution in [0.3, 0.4) is 0 Å². The van der Waals surface area contributed by atoms with Crippen molar-refractivity contribution < 1.29 is 22.7 Å². The molecule has 0 aliphatic carbocycles. The second-order valence-corrected chi connectivity index (χ2v) is 13.8. The summed E-state index contributed by atoms with van der Waals surface area (Å²) in [5.41, 5.74) is -0.318. The normalized spacial score (nSPS) is 18.7. The molecule has 2 aromatic rings. The largest absolute Gasteiger partial charge is 0.462 e. The summed E-state index contributed by atoms with van der Waals surface area (Å²) in [6.45, 7) is 13.0. The van der Waals surface area contributed by atoms with Crippen LogP contribution in [-0.2, 0) is 24.3 Å². The number of halogens is 1. The van der Waals surface area contributed by atoms with Crippen LogP contribution in [0, 0.1) is 5.92 Å². The Bertz CT molecular complexity index is 1200. The Labute approximate surface area is 228 Å². The first-order chi connectivity index (χ1) is 17.4. The van der Waals surface area contributed by atoms with Crippen LogP contribution >= 0.6 is 22.9 Å². The summed E-state index contributed by atoms with van der Waals surface area (Å²) in [4.78, 5) is 24.8. The molecule has 1 unspecified atom stereocenters. The van der Waals surface area contributed by atoms with Gasteiger partial charge in [-0.15, -0.1) is 17.9 Å². The number of sulfonamides is 1. The molecule has 2 aliphatic rings. The fourth-order valence-corrected chi connectivity index (χ4v) is 7.71. The fourth-order valence-electron chi connectivity index (χ4n) is 4.33. The van der Waals surface area contributed by atoms with Crippen LogP contribution < -0.4 is 5.32 Å². The van der Waals surface area contributed by atoms with Crippen LogP contribution in [0.4, 0.5) is 0 Å². The number of carbonyl (C=O) groups excluding carboxylic acids is 2. The Hall–Kier alpha value is -1.98. The Morgan fingerprint density at radius 2 is 1.95 bits per heavy atom. The van der Waals surface area contributed by atoms with Crippen molar-refractivity contribution in [2.24, 2.45) is 5.92 Å². The summed E-state index contributed by atoms with van der Waals surface area (Å²) in [6.07, 6.45) is 3.56. The number of carbonyl (C=O) groups is 2. The summed E-state index contributed by atoms with van der Waals surface area (Å²) < 4.78 is 33.5. The third-order valence-corrected chi connectivity index (χ3v) is 9.98. The highest BCUT2D eigenvalue weighted by Crippen LogP contribution is 2.37. The van der Waals surface area contributed by atoms with Gasteiger partial charge in [-0.1, -0.05) is 23.7 Å². The Kier molecular flexibility index (Phi) is 10.2. The number of hydrogen-bond acceptors (Lipinski definition) is 7. The first-order valence-electron chi connectivity index (χ1n) is 12.3. The number of nitrogens with zero attached hydrogens (tertiary/aromatic N) is 2. The van der Waals surface area contributed by atoms with Crippen molar-refractivity contribution in [1.29, 1.82) is 0 Å². The van der Waals surface area contributed by atoms with Crippen molar-refractivity contribution in [3.8, 4) is 0 Å². The molecule has 4 rings (SSSR count). The molecule has 1 aromatic heterocycles. The van der Waals surface area contributed by atoms with E-state index in [9.17, 15) is 18.0 Å². The molecule has 11 heteroatoms. The Balaban J connectivity index is 0.000000479. The van der Waals surface area contributed by atoms with E-state index in [1.54, 1.807) is 6.07 Å². The van der Waals surface area contributed by atoms with E-state index >= 15 is 0 Å². The maximum absolute atomic E-state index is 13.4. The zero-order valence-electron chi connectivity index (χ0n) is 21.6. The molecule has 2 aliphatic heterocycles. The van der Waals surface area contributed by atoms with Crippen LogP contribution in [0.25, 0.3) is 10.1 Å². The number of hydrogen-bond donors (Lipinski definition) is 1. The van der Waals surface area contributed by atoms with E-state index in [1.165, 1.54) is 21.7 Å². The van der Waals surface area contributed by atoms with Crippen LogP contribution in [-0.4, -0.2) is 74.9 Å². The predicted octanol–water partition coefficient (Wildman–Crippen LogP) is 4.21. The third kappa shape index (κ3) is 8.00. The zero-order valence-corrected chi connectivity index (χ0v) is 24.0. The second-order valence-electron chi connectivity index (χ2n) is 10.2. The summed E-state index contributed by atoms with van der Waals surface area (Å²) in [7, 11) is -3.74. The number of fused-ring (bicyclic) bond motifs is 1. The molecule has 1 amide bonds. The van der Waals surface area contributed by atoms with Crippen molar-refractivity contribution in [1.82, 2.24) is 14.5 Å². The monoisotopic (exact) mass is 569 g/mol. The van der Waals surface area contributed by atoms with E-state index in [1.807, 2.05) is 43.9 Å². The van der Waals surface area contributed by atoms with Gasteiger partial charge in [-0.05, 0) is 76.2 Å². The maximum Gasteiger partial charge on any atom is 0.293 e. The molecule has 0 bridgehead atoms. The fraction of sp³-hybridized carbons (Fsp3) is 0.538. The Morgan fingerprint density at radius 1 is 1.24 bits per heavy atom. The van der Waals surface area contributed by atoms with Gasteiger partial charge >= 0.3 is 0 Å². The molecule has 0 saturated carbocycles. The minimum absolute atomic E-state index is 0.103. The van der Waals surface area contributed by atoms with Crippen molar-refractivity contribution in [2.45, 2.75) is 44.5 Å². The van der Waals surface area contributed by atoms with Crippen molar-refractivity contribution in [3.05, 3.63) is 46.8 Å². The summed E-state index contributed by atoms with van der Waals surface area (Å²) in [6, 6.07) is 7.38. The van der Waals surface area contributed by atoms with E-state index in [0.29, 0.717) is 35.4 Å². The second kappa shape index (κ2) is 12.7. The number of thiophene rings is 1. The number of rotatable bonds is 7. The lowest BCUT2D eigenvalue weighted by molar-refractivity contribution is -0.138. The Morgan fingerprint density at radius 3 is 2.51 bits per heavy atom. The van der Waals surface area contributed by atoms with E-state index in [2.05, 4.69) is 16.6 Å². The lowest BCUT2D eigenvalue weighted by Crippen LogP contribution is -2.54.